The Hall–Kier alpha value is -2.82. The summed E-state index contributed by atoms with van der Waals surface area (Å²) >= 11 is 0. The summed E-state index contributed by atoms with van der Waals surface area (Å²) in [5.74, 6) is 4.22. The van der Waals surface area contributed by atoms with Crippen molar-refractivity contribution in [3.05, 3.63) is 70.8 Å². The Kier molecular flexibility index (Phi) is 9.14. The Morgan fingerprint density at radius 2 is 2.03 bits per heavy atom. The van der Waals surface area contributed by atoms with Crippen LogP contribution in [0.4, 0.5) is 0 Å². The van der Waals surface area contributed by atoms with Gasteiger partial charge >= 0.3 is 0 Å². The van der Waals surface area contributed by atoms with Crippen LogP contribution in [0.3, 0.4) is 0 Å². The molecule has 0 radical (unpaired) electrons. The first-order valence-electron chi connectivity index (χ1n) is 11.4. The average molecular weight is 576 g/mol. The molecule has 1 aromatic heterocycles. The highest BCUT2D eigenvalue weighted by atomic mass is 127. The smallest absolute Gasteiger partial charge is 0.192 e. The van der Waals surface area contributed by atoms with Crippen LogP contribution >= 0.6 is 24.0 Å². The maximum atomic E-state index is 5.85. The number of rotatable bonds is 7. The van der Waals surface area contributed by atoms with Crippen LogP contribution in [0.25, 0.3) is 0 Å². The number of aryl methyl sites for hydroxylation is 2. The largest absolute Gasteiger partial charge is 0.494 e. The third kappa shape index (κ3) is 6.19. The molecule has 4 rings (SSSR count). The normalized spacial score (nSPS) is 15.1. The second-order valence-electron chi connectivity index (χ2n) is 8.16. The SMILES string of the molecule is CCOc1cc(C)ccc1CN=C(NCc1nnc(C)n1C)NC1CCOc2ccccc21.I. The molecule has 9 heteroatoms. The molecule has 2 heterocycles. The molecule has 34 heavy (non-hydrogen) atoms. The van der Waals surface area contributed by atoms with E-state index < -0.39 is 0 Å². The Balaban J connectivity index is 0.00000324. The third-order valence-corrected chi connectivity index (χ3v) is 5.80. The van der Waals surface area contributed by atoms with Gasteiger partial charge in [-0.15, -0.1) is 34.2 Å². The van der Waals surface area contributed by atoms with E-state index in [2.05, 4.69) is 52.0 Å². The van der Waals surface area contributed by atoms with Crippen LogP contribution in [0.2, 0.25) is 0 Å². The van der Waals surface area contributed by atoms with Crippen molar-refractivity contribution in [3.63, 3.8) is 0 Å². The van der Waals surface area contributed by atoms with E-state index in [1.807, 2.05) is 43.7 Å². The van der Waals surface area contributed by atoms with Gasteiger partial charge in [-0.05, 0) is 38.5 Å². The Morgan fingerprint density at radius 3 is 2.79 bits per heavy atom. The fourth-order valence-corrected chi connectivity index (χ4v) is 3.82. The summed E-state index contributed by atoms with van der Waals surface area (Å²) in [6.45, 7) is 8.29. The van der Waals surface area contributed by atoms with Crippen molar-refractivity contribution in [1.82, 2.24) is 25.4 Å². The van der Waals surface area contributed by atoms with Crippen molar-refractivity contribution in [1.29, 1.82) is 0 Å². The molecule has 8 nitrogen and oxygen atoms in total. The van der Waals surface area contributed by atoms with Crippen LogP contribution < -0.4 is 20.1 Å². The van der Waals surface area contributed by atoms with E-state index in [1.165, 1.54) is 5.56 Å². The summed E-state index contributed by atoms with van der Waals surface area (Å²) in [6, 6.07) is 14.5. The van der Waals surface area contributed by atoms with Gasteiger partial charge in [0.15, 0.2) is 11.8 Å². The van der Waals surface area contributed by atoms with Gasteiger partial charge in [0.1, 0.15) is 17.3 Å². The van der Waals surface area contributed by atoms with E-state index >= 15 is 0 Å². The highest BCUT2D eigenvalue weighted by Gasteiger charge is 2.22. The van der Waals surface area contributed by atoms with Crippen LogP contribution in [0.15, 0.2) is 47.5 Å². The number of nitrogens with zero attached hydrogens (tertiary/aromatic N) is 4. The van der Waals surface area contributed by atoms with E-state index in [9.17, 15) is 0 Å². The van der Waals surface area contributed by atoms with Gasteiger partial charge < -0.3 is 24.7 Å². The third-order valence-electron chi connectivity index (χ3n) is 5.80. The number of halogens is 1. The number of aliphatic imine (C=N–C) groups is 1. The number of guanidine groups is 1. The van der Waals surface area contributed by atoms with Crippen LogP contribution in [0.1, 0.15) is 47.7 Å². The first-order chi connectivity index (χ1) is 16.0. The van der Waals surface area contributed by atoms with Crippen molar-refractivity contribution in [3.8, 4) is 11.5 Å². The molecule has 0 saturated heterocycles. The molecule has 3 aromatic rings. The van der Waals surface area contributed by atoms with Gasteiger partial charge in [-0.3, -0.25) is 0 Å². The highest BCUT2D eigenvalue weighted by molar-refractivity contribution is 14.0. The lowest BCUT2D eigenvalue weighted by atomic mass is 10.0. The molecule has 182 valence electrons. The molecule has 0 amide bonds. The Bertz CT molecular complexity index is 1130. The van der Waals surface area contributed by atoms with E-state index in [0.29, 0.717) is 32.3 Å². The van der Waals surface area contributed by atoms with E-state index in [0.717, 1.165) is 40.7 Å². The summed E-state index contributed by atoms with van der Waals surface area (Å²) in [5, 5.41) is 15.5. The Morgan fingerprint density at radius 1 is 1.21 bits per heavy atom. The van der Waals surface area contributed by atoms with Crippen molar-refractivity contribution < 1.29 is 9.47 Å². The molecule has 1 aliphatic rings. The fraction of sp³-hybridized carbons (Fsp3) is 0.400. The summed E-state index contributed by atoms with van der Waals surface area (Å²) < 4.78 is 13.6. The number of benzene rings is 2. The van der Waals surface area contributed by atoms with E-state index in [4.69, 9.17) is 14.5 Å². The predicted octanol–water partition coefficient (Wildman–Crippen LogP) is 4.21. The zero-order valence-electron chi connectivity index (χ0n) is 20.2. The molecule has 0 fully saturated rings. The lowest BCUT2D eigenvalue weighted by molar-refractivity contribution is 0.261. The fourth-order valence-electron chi connectivity index (χ4n) is 3.82. The number of ether oxygens (including phenoxy) is 2. The van der Waals surface area contributed by atoms with E-state index in [-0.39, 0.29) is 30.0 Å². The van der Waals surface area contributed by atoms with Crippen molar-refractivity contribution in [2.24, 2.45) is 12.0 Å². The predicted molar refractivity (Wildman–Crippen MR) is 144 cm³/mol. The lowest BCUT2D eigenvalue weighted by Crippen LogP contribution is -2.41. The number of aromatic nitrogens is 3. The van der Waals surface area contributed by atoms with Gasteiger partial charge in [0.05, 0.1) is 32.3 Å². The molecular weight excluding hydrogens is 543 g/mol. The summed E-state index contributed by atoms with van der Waals surface area (Å²) in [5.41, 5.74) is 3.35. The summed E-state index contributed by atoms with van der Waals surface area (Å²) in [6.07, 6.45) is 0.857. The number of hydrogen-bond donors (Lipinski definition) is 2. The molecule has 2 aromatic carbocycles. The second-order valence-corrected chi connectivity index (χ2v) is 8.16. The molecule has 2 N–H and O–H groups in total. The molecule has 0 spiro atoms. The zero-order valence-corrected chi connectivity index (χ0v) is 22.5. The van der Waals surface area contributed by atoms with Crippen LogP contribution in [-0.2, 0) is 20.1 Å². The summed E-state index contributed by atoms with van der Waals surface area (Å²) in [4.78, 5) is 4.90. The van der Waals surface area contributed by atoms with Gasteiger partial charge in [0.25, 0.3) is 0 Å². The monoisotopic (exact) mass is 576 g/mol. The van der Waals surface area contributed by atoms with E-state index in [1.54, 1.807) is 0 Å². The van der Waals surface area contributed by atoms with Crippen LogP contribution in [0.5, 0.6) is 11.5 Å². The zero-order chi connectivity index (χ0) is 23.2. The van der Waals surface area contributed by atoms with Crippen molar-refractivity contribution in [2.75, 3.05) is 13.2 Å². The minimum Gasteiger partial charge on any atom is -0.494 e. The molecule has 0 aliphatic carbocycles. The van der Waals surface area contributed by atoms with Gasteiger partial charge in [-0.25, -0.2) is 4.99 Å². The molecule has 1 unspecified atom stereocenters. The number of hydrogen-bond acceptors (Lipinski definition) is 5. The van der Waals surface area contributed by atoms with Gasteiger partial charge in [0.2, 0.25) is 0 Å². The number of fused-ring (bicyclic) bond motifs is 1. The van der Waals surface area contributed by atoms with Gasteiger partial charge in [-0.1, -0.05) is 30.3 Å². The first-order valence-corrected chi connectivity index (χ1v) is 11.4. The number of para-hydroxylation sites is 1. The minimum absolute atomic E-state index is 0. The minimum atomic E-state index is 0. The van der Waals surface area contributed by atoms with Crippen molar-refractivity contribution in [2.45, 2.75) is 46.3 Å². The van der Waals surface area contributed by atoms with Gasteiger partial charge in [0, 0.05) is 24.6 Å². The molecule has 1 aliphatic heterocycles. The lowest BCUT2D eigenvalue weighted by Gasteiger charge is -2.28. The van der Waals surface area contributed by atoms with Gasteiger partial charge in [-0.2, -0.15) is 0 Å². The summed E-state index contributed by atoms with van der Waals surface area (Å²) in [7, 11) is 1.96. The van der Waals surface area contributed by atoms with Crippen LogP contribution in [-0.4, -0.2) is 33.9 Å². The average Bonchev–Trinajstić information content (AvgIpc) is 3.14. The second kappa shape index (κ2) is 12.0. The van der Waals surface area contributed by atoms with Crippen LogP contribution in [0, 0.1) is 13.8 Å². The maximum absolute atomic E-state index is 5.85. The highest BCUT2D eigenvalue weighted by Crippen LogP contribution is 2.31. The molecular formula is C25H33IN6O2. The standard InChI is InChI=1S/C25H32N6O2.HI/c1-5-32-23-14-17(2)10-11-19(23)15-26-25(27-16-24-30-29-18(3)31(24)4)28-21-12-13-33-22-9-7-6-8-20(21)22;/h6-11,14,21H,5,12-13,15-16H2,1-4H3,(H2,26,27,28);1H. The molecule has 0 bridgehead atoms. The maximum Gasteiger partial charge on any atom is 0.192 e. The van der Waals surface area contributed by atoms with Crippen molar-refractivity contribution >= 4 is 29.9 Å². The quantitative estimate of drug-likeness (QED) is 0.249. The number of nitrogens with one attached hydrogen (secondary N) is 2. The topological polar surface area (TPSA) is 85.6 Å². The molecule has 1 atom stereocenters. The first kappa shape index (κ1) is 25.8. The molecule has 0 saturated carbocycles. The Labute approximate surface area is 218 Å².